The van der Waals surface area contributed by atoms with Crippen LogP contribution in [0.25, 0.3) is 27.5 Å². The first kappa shape index (κ1) is 18.1. The van der Waals surface area contributed by atoms with Crippen molar-refractivity contribution in [3.05, 3.63) is 72.3 Å². The maximum absolute atomic E-state index is 5.03. The molecule has 29 heavy (non-hydrogen) atoms. The highest BCUT2D eigenvalue weighted by molar-refractivity contribution is 7.99. The van der Waals surface area contributed by atoms with Crippen molar-refractivity contribution in [1.29, 1.82) is 0 Å². The van der Waals surface area contributed by atoms with Gasteiger partial charge in [0, 0.05) is 28.9 Å². The van der Waals surface area contributed by atoms with Gasteiger partial charge in [-0.25, -0.2) is 9.67 Å². The number of pyridine rings is 1. The molecule has 3 aromatic heterocycles. The molecule has 1 aliphatic rings. The molecule has 4 aromatic rings. The van der Waals surface area contributed by atoms with Gasteiger partial charge in [-0.05, 0) is 38.1 Å². The molecule has 144 valence electrons. The van der Waals surface area contributed by atoms with Crippen LogP contribution in [0, 0.1) is 6.92 Å². The van der Waals surface area contributed by atoms with Crippen molar-refractivity contribution in [1.82, 2.24) is 19.7 Å². The quantitative estimate of drug-likeness (QED) is 0.447. The van der Waals surface area contributed by atoms with Crippen molar-refractivity contribution < 1.29 is 0 Å². The molecule has 1 aliphatic heterocycles. The highest BCUT2D eigenvalue weighted by Gasteiger charge is 2.30. The average molecular weight is 418 g/mol. The third-order valence-corrected chi connectivity index (χ3v) is 6.73. The average Bonchev–Trinajstić information content (AvgIpc) is 3.29. The number of allylic oxidation sites excluding steroid dienone is 1. The molecular weight excluding hydrogens is 398 g/mol. The Balaban J connectivity index is 1.73. The number of nitrogens with zero attached hydrogens (tertiary/aromatic N) is 4. The van der Waals surface area contributed by atoms with Crippen LogP contribution in [0.2, 0.25) is 0 Å². The van der Waals surface area contributed by atoms with Crippen LogP contribution >= 0.6 is 23.1 Å². The zero-order valence-corrected chi connectivity index (χ0v) is 17.8. The van der Waals surface area contributed by atoms with Gasteiger partial charge in [-0.2, -0.15) is 5.10 Å². The summed E-state index contributed by atoms with van der Waals surface area (Å²) in [5, 5.41) is 9.16. The molecule has 7 heteroatoms. The SMILES string of the molecule is C=C(C)Nc1nc2c(s1)-c1c(c(-c3ccc(C)nc3)nn1-c1ccccc1)SC2. The first-order valence-electron chi connectivity index (χ1n) is 9.27. The third kappa shape index (κ3) is 3.26. The van der Waals surface area contributed by atoms with E-state index in [-0.39, 0.29) is 0 Å². The van der Waals surface area contributed by atoms with Gasteiger partial charge < -0.3 is 5.32 Å². The molecule has 0 atom stereocenters. The molecule has 5 nitrogen and oxygen atoms in total. The number of fused-ring (bicyclic) bond motifs is 3. The summed E-state index contributed by atoms with van der Waals surface area (Å²) in [7, 11) is 0. The van der Waals surface area contributed by atoms with Crippen molar-refractivity contribution in [2.45, 2.75) is 24.5 Å². The Labute approximate surface area is 177 Å². The molecular formula is C22H19N5S2. The molecule has 1 aromatic carbocycles. The molecule has 4 heterocycles. The number of para-hydroxylation sites is 1. The third-order valence-electron chi connectivity index (χ3n) is 4.61. The second kappa shape index (κ2) is 7.17. The minimum Gasteiger partial charge on any atom is -0.336 e. The van der Waals surface area contributed by atoms with E-state index in [2.05, 4.69) is 35.1 Å². The van der Waals surface area contributed by atoms with Crippen molar-refractivity contribution in [3.8, 4) is 27.5 Å². The van der Waals surface area contributed by atoms with E-state index in [4.69, 9.17) is 10.1 Å². The predicted octanol–water partition coefficient (Wildman–Crippen LogP) is 5.92. The van der Waals surface area contributed by atoms with E-state index in [1.807, 2.05) is 49.0 Å². The fourth-order valence-corrected chi connectivity index (χ4v) is 5.67. The maximum atomic E-state index is 5.03. The van der Waals surface area contributed by atoms with E-state index in [1.165, 1.54) is 4.90 Å². The number of aryl methyl sites for hydroxylation is 1. The van der Waals surface area contributed by atoms with Gasteiger partial charge in [0.1, 0.15) is 11.4 Å². The number of rotatable bonds is 4. The van der Waals surface area contributed by atoms with Gasteiger partial charge in [-0.3, -0.25) is 4.98 Å². The van der Waals surface area contributed by atoms with E-state index >= 15 is 0 Å². The van der Waals surface area contributed by atoms with E-state index in [1.54, 1.807) is 23.1 Å². The molecule has 0 amide bonds. The van der Waals surface area contributed by atoms with Gasteiger partial charge in [0.15, 0.2) is 5.13 Å². The van der Waals surface area contributed by atoms with Crippen LogP contribution in [0.1, 0.15) is 18.3 Å². The van der Waals surface area contributed by atoms with Crippen LogP contribution in [-0.2, 0) is 5.75 Å². The zero-order chi connectivity index (χ0) is 20.0. The van der Waals surface area contributed by atoms with Gasteiger partial charge in [-0.15, -0.1) is 11.8 Å². The van der Waals surface area contributed by atoms with Crippen molar-refractivity contribution in [2.75, 3.05) is 5.32 Å². The highest BCUT2D eigenvalue weighted by Crippen LogP contribution is 2.49. The largest absolute Gasteiger partial charge is 0.336 e. The minimum absolute atomic E-state index is 0.823. The van der Waals surface area contributed by atoms with E-state index in [9.17, 15) is 0 Å². The monoisotopic (exact) mass is 417 g/mol. The summed E-state index contributed by atoms with van der Waals surface area (Å²) >= 11 is 3.44. The first-order valence-corrected chi connectivity index (χ1v) is 11.1. The van der Waals surface area contributed by atoms with Crippen LogP contribution in [0.5, 0.6) is 0 Å². The zero-order valence-electron chi connectivity index (χ0n) is 16.1. The summed E-state index contributed by atoms with van der Waals surface area (Å²) in [4.78, 5) is 11.6. The molecule has 0 aliphatic carbocycles. The van der Waals surface area contributed by atoms with E-state index < -0.39 is 0 Å². The lowest BCUT2D eigenvalue weighted by molar-refractivity contribution is 0.890. The van der Waals surface area contributed by atoms with Crippen molar-refractivity contribution in [3.63, 3.8) is 0 Å². The first-order chi connectivity index (χ1) is 14.1. The lowest BCUT2D eigenvalue weighted by Gasteiger charge is -2.13. The lowest BCUT2D eigenvalue weighted by atomic mass is 10.1. The van der Waals surface area contributed by atoms with Gasteiger partial charge in [0.2, 0.25) is 0 Å². The Morgan fingerprint density at radius 1 is 1.17 bits per heavy atom. The topological polar surface area (TPSA) is 55.6 Å². The molecule has 0 saturated heterocycles. The van der Waals surface area contributed by atoms with Gasteiger partial charge in [-0.1, -0.05) is 36.1 Å². The summed E-state index contributed by atoms with van der Waals surface area (Å²) in [6, 6.07) is 14.4. The number of thiazole rings is 1. The van der Waals surface area contributed by atoms with Crippen LogP contribution in [0.4, 0.5) is 5.13 Å². The van der Waals surface area contributed by atoms with Gasteiger partial charge >= 0.3 is 0 Å². The smallest absolute Gasteiger partial charge is 0.187 e. The fraction of sp³-hybridized carbons (Fsp3) is 0.136. The normalized spacial score (nSPS) is 12.3. The summed E-state index contributed by atoms with van der Waals surface area (Å²) in [5.41, 5.74) is 7.10. The summed E-state index contributed by atoms with van der Waals surface area (Å²) in [5.74, 6) is 0.823. The van der Waals surface area contributed by atoms with Crippen LogP contribution in [-0.4, -0.2) is 19.7 Å². The molecule has 0 saturated carbocycles. The Morgan fingerprint density at radius 2 is 2.00 bits per heavy atom. The number of benzene rings is 1. The Bertz CT molecular complexity index is 1210. The van der Waals surface area contributed by atoms with Gasteiger partial charge in [0.25, 0.3) is 0 Å². The Kier molecular flexibility index (Phi) is 4.49. The number of aromatic nitrogens is 4. The maximum Gasteiger partial charge on any atom is 0.187 e. The Hall–Kier alpha value is -2.90. The summed E-state index contributed by atoms with van der Waals surface area (Å²) in [6.07, 6.45) is 1.91. The number of anilines is 1. The number of hydrogen-bond acceptors (Lipinski definition) is 6. The van der Waals surface area contributed by atoms with Gasteiger partial charge in [0.05, 0.1) is 21.2 Å². The molecule has 0 unspecified atom stereocenters. The number of nitrogens with one attached hydrogen (secondary N) is 1. The fourth-order valence-electron chi connectivity index (χ4n) is 3.30. The summed E-state index contributed by atoms with van der Waals surface area (Å²) in [6.45, 7) is 7.88. The van der Waals surface area contributed by atoms with Crippen LogP contribution in [0.15, 0.2) is 65.8 Å². The number of hydrogen-bond donors (Lipinski definition) is 1. The van der Waals surface area contributed by atoms with Crippen molar-refractivity contribution >= 4 is 28.2 Å². The summed E-state index contributed by atoms with van der Waals surface area (Å²) < 4.78 is 2.04. The lowest BCUT2D eigenvalue weighted by Crippen LogP contribution is -2.01. The second-order valence-electron chi connectivity index (χ2n) is 6.95. The molecule has 0 bridgehead atoms. The molecule has 0 radical (unpaired) electrons. The van der Waals surface area contributed by atoms with Crippen LogP contribution < -0.4 is 5.32 Å². The van der Waals surface area contributed by atoms with Crippen molar-refractivity contribution in [2.24, 2.45) is 0 Å². The molecule has 1 N–H and O–H groups in total. The van der Waals surface area contributed by atoms with E-state index in [0.29, 0.717) is 0 Å². The molecule has 0 fully saturated rings. The molecule has 5 rings (SSSR count). The van der Waals surface area contributed by atoms with Crippen LogP contribution in [0.3, 0.4) is 0 Å². The molecule has 0 spiro atoms. The minimum atomic E-state index is 0.823. The standard InChI is InChI=1S/C22H19N5S2/c1-13(2)24-22-25-17-12-28-21-18(15-10-9-14(3)23-11-15)26-27(19(21)20(17)29-22)16-7-5-4-6-8-16/h4-11H,1,12H2,2-3H3,(H,24,25). The second-order valence-corrected chi connectivity index (χ2v) is 8.94. The highest BCUT2D eigenvalue weighted by atomic mass is 32.2. The number of thioether (sulfide) groups is 1. The predicted molar refractivity (Wildman–Crippen MR) is 121 cm³/mol. The van der Waals surface area contributed by atoms with E-state index in [0.717, 1.165) is 55.5 Å². The Morgan fingerprint density at radius 3 is 2.72 bits per heavy atom.